The average Bonchev–Trinajstić information content (AvgIpc) is 2.51. The Kier molecular flexibility index (Phi) is 4.32. The molecule has 21 heavy (non-hydrogen) atoms. The molecule has 3 rings (SSSR count). The topological polar surface area (TPSA) is 18.5 Å². The van der Waals surface area contributed by atoms with E-state index in [4.69, 9.17) is 9.47 Å². The van der Waals surface area contributed by atoms with Crippen molar-refractivity contribution in [3.63, 3.8) is 0 Å². The molecule has 1 aliphatic carbocycles. The Morgan fingerprint density at radius 3 is 2.71 bits per heavy atom. The Labute approximate surface area is 124 Å². The zero-order valence-corrected chi connectivity index (χ0v) is 12.5. The molecule has 0 N–H and O–H groups in total. The maximum atomic E-state index is 14.0. The first-order valence-corrected chi connectivity index (χ1v) is 7.91. The summed E-state index contributed by atoms with van der Waals surface area (Å²) in [5.41, 5.74) is 0.715. The molecule has 0 radical (unpaired) electrons. The first-order valence-electron chi connectivity index (χ1n) is 7.91. The molecule has 2 aliphatic rings. The van der Waals surface area contributed by atoms with Gasteiger partial charge in [0.2, 0.25) is 11.6 Å². The largest absolute Gasteiger partial charge is 0.490 e. The van der Waals surface area contributed by atoms with Gasteiger partial charge < -0.3 is 9.47 Å². The summed E-state index contributed by atoms with van der Waals surface area (Å²) in [5, 5.41) is 0. The fourth-order valence-corrected chi connectivity index (χ4v) is 3.22. The molecule has 0 spiro atoms. The van der Waals surface area contributed by atoms with Crippen molar-refractivity contribution in [2.24, 2.45) is 11.8 Å². The van der Waals surface area contributed by atoms with Crippen LogP contribution in [0.4, 0.5) is 8.78 Å². The van der Waals surface area contributed by atoms with Gasteiger partial charge in [-0.15, -0.1) is 0 Å². The van der Waals surface area contributed by atoms with Crippen molar-refractivity contribution in [2.45, 2.75) is 45.4 Å². The van der Waals surface area contributed by atoms with Crippen LogP contribution in [-0.4, -0.2) is 13.2 Å². The number of ether oxygens (including phenoxy) is 2. The molecule has 4 heteroatoms. The van der Waals surface area contributed by atoms with E-state index in [0.29, 0.717) is 31.1 Å². The second-order valence-corrected chi connectivity index (χ2v) is 6.38. The van der Waals surface area contributed by atoms with E-state index in [2.05, 4.69) is 6.92 Å². The van der Waals surface area contributed by atoms with Gasteiger partial charge in [-0.25, -0.2) is 0 Å². The first kappa shape index (κ1) is 14.6. The number of fused-ring (bicyclic) bond motifs is 1. The summed E-state index contributed by atoms with van der Waals surface area (Å²) < 4.78 is 38.8. The molecule has 0 atom stereocenters. The molecule has 1 saturated carbocycles. The number of aryl methyl sites for hydroxylation is 1. The third kappa shape index (κ3) is 3.14. The van der Waals surface area contributed by atoms with Crippen LogP contribution in [0.15, 0.2) is 6.07 Å². The molecule has 0 saturated heterocycles. The van der Waals surface area contributed by atoms with Crippen LogP contribution >= 0.6 is 0 Å². The highest BCUT2D eigenvalue weighted by Gasteiger charge is 2.24. The lowest BCUT2D eigenvalue weighted by molar-refractivity contribution is 0.180. The summed E-state index contributed by atoms with van der Waals surface area (Å²) in [5.74, 6) is -0.487. The van der Waals surface area contributed by atoms with Gasteiger partial charge in [0.05, 0.1) is 13.2 Å². The van der Waals surface area contributed by atoms with Crippen molar-refractivity contribution in [3.05, 3.63) is 23.3 Å². The molecule has 0 unspecified atom stereocenters. The fourth-order valence-electron chi connectivity index (χ4n) is 3.22. The predicted octanol–water partition coefficient (Wildman–Crippen LogP) is 4.49. The zero-order valence-electron chi connectivity index (χ0n) is 12.5. The quantitative estimate of drug-likeness (QED) is 0.818. The molecular weight excluding hydrogens is 274 g/mol. The summed E-state index contributed by atoms with van der Waals surface area (Å²) in [7, 11) is 0. The summed E-state index contributed by atoms with van der Waals surface area (Å²) in [4.78, 5) is 0. The number of benzene rings is 1. The van der Waals surface area contributed by atoms with E-state index in [-0.39, 0.29) is 11.5 Å². The Bertz CT molecular complexity index is 508. The monoisotopic (exact) mass is 296 g/mol. The lowest BCUT2D eigenvalue weighted by Crippen LogP contribution is -2.19. The van der Waals surface area contributed by atoms with Crippen molar-refractivity contribution < 1.29 is 18.3 Å². The molecule has 116 valence electrons. The third-order valence-electron chi connectivity index (χ3n) is 4.65. The maximum Gasteiger partial charge on any atom is 0.204 e. The minimum absolute atomic E-state index is 0.0374. The van der Waals surface area contributed by atoms with E-state index in [9.17, 15) is 8.78 Å². The van der Waals surface area contributed by atoms with Crippen LogP contribution in [0, 0.1) is 23.5 Å². The number of rotatable bonds is 3. The minimum Gasteiger partial charge on any atom is -0.490 e. The minimum atomic E-state index is -0.917. The van der Waals surface area contributed by atoms with Crippen LogP contribution < -0.4 is 9.47 Å². The van der Waals surface area contributed by atoms with Crippen molar-refractivity contribution >= 4 is 0 Å². The van der Waals surface area contributed by atoms with Crippen molar-refractivity contribution in [1.29, 1.82) is 0 Å². The van der Waals surface area contributed by atoms with Gasteiger partial charge in [0, 0.05) is 5.56 Å². The normalized spacial score (nSPS) is 25.1. The van der Waals surface area contributed by atoms with Crippen LogP contribution in [0.5, 0.6) is 11.5 Å². The highest BCUT2D eigenvalue weighted by atomic mass is 19.2. The van der Waals surface area contributed by atoms with Crippen LogP contribution in [0.2, 0.25) is 0 Å². The summed E-state index contributed by atoms with van der Waals surface area (Å²) >= 11 is 0. The van der Waals surface area contributed by atoms with Crippen molar-refractivity contribution in [1.82, 2.24) is 0 Å². The van der Waals surface area contributed by atoms with E-state index < -0.39 is 11.6 Å². The number of hydrogen-bond acceptors (Lipinski definition) is 2. The molecule has 0 bridgehead atoms. The maximum absolute atomic E-state index is 14.0. The van der Waals surface area contributed by atoms with E-state index in [1.54, 1.807) is 6.07 Å². The van der Waals surface area contributed by atoms with Gasteiger partial charge in [-0.05, 0) is 43.6 Å². The molecule has 2 nitrogen and oxygen atoms in total. The molecule has 1 heterocycles. The number of hydrogen-bond donors (Lipinski definition) is 0. The van der Waals surface area contributed by atoms with Gasteiger partial charge in [-0.1, -0.05) is 19.8 Å². The van der Waals surface area contributed by atoms with Gasteiger partial charge >= 0.3 is 0 Å². The Morgan fingerprint density at radius 2 is 1.95 bits per heavy atom. The smallest absolute Gasteiger partial charge is 0.204 e. The van der Waals surface area contributed by atoms with Gasteiger partial charge in [-0.2, -0.15) is 8.78 Å². The lowest BCUT2D eigenvalue weighted by Gasteiger charge is -2.26. The summed E-state index contributed by atoms with van der Waals surface area (Å²) in [6.07, 6.45) is 6.16. The molecular formula is C17H22F2O2. The summed E-state index contributed by atoms with van der Waals surface area (Å²) in [6, 6.07) is 1.61. The van der Waals surface area contributed by atoms with E-state index in [0.717, 1.165) is 25.2 Å². The van der Waals surface area contributed by atoms with Crippen LogP contribution in [0.1, 0.15) is 44.6 Å². The summed E-state index contributed by atoms with van der Waals surface area (Å²) in [6.45, 7) is 3.18. The van der Waals surface area contributed by atoms with E-state index >= 15 is 0 Å². The highest BCUT2D eigenvalue weighted by Crippen LogP contribution is 2.36. The van der Waals surface area contributed by atoms with Crippen molar-refractivity contribution in [3.8, 4) is 11.5 Å². The molecule has 1 fully saturated rings. The van der Waals surface area contributed by atoms with Crippen LogP contribution in [-0.2, 0) is 6.42 Å². The second kappa shape index (κ2) is 6.20. The standard InChI is InChI=1S/C17H22F2O2/c1-11-4-6-12(7-5-11)10-21-14-9-13-3-2-8-20-17(13)16(19)15(14)18/h9,11-12H,2-8,10H2,1H3. The molecule has 1 aromatic rings. The number of halogens is 2. The Morgan fingerprint density at radius 1 is 1.19 bits per heavy atom. The molecule has 1 aromatic carbocycles. The van der Waals surface area contributed by atoms with Gasteiger partial charge in [0.1, 0.15) is 0 Å². The van der Waals surface area contributed by atoms with Gasteiger partial charge in [0.15, 0.2) is 11.5 Å². The third-order valence-corrected chi connectivity index (χ3v) is 4.65. The van der Waals surface area contributed by atoms with Crippen molar-refractivity contribution in [2.75, 3.05) is 13.2 Å². The van der Waals surface area contributed by atoms with Gasteiger partial charge in [0.25, 0.3) is 0 Å². The van der Waals surface area contributed by atoms with Gasteiger partial charge in [-0.3, -0.25) is 0 Å². The zero-order chi connectivity index (χ0) is 14.8. The SMILES string of the molecule is CC1CCC(COc2cc3c(c(F)c2F)OCCC3)CC1. The molecule has 1 aliphatic heterocycles. The second-order valence-electron chi connectivity index (χ2n) is 6.38. The Hall–Kier alpha value is -1.32. The van der Waals surface area contributed by atoms with E-state index in [1.807, 2.05) is 0 Å². The highest BCUT2D eigenvalue weighted by molar-refractivity contribution is 5.44. The van der Waals surface area contributed by atoms with E-state index in [1.165, 1.54) is 12.8 Å². The Balaban J connectivity index is 1.69. The fraction of sp³-hybridized carbons (Fsp3) is 0.647. The first-order chi connectivity index (χ1) is 10.1. The molecule has 0 amide bonds. The average molecular weight is 296 g/mol. The predicted molar refractivity (Wildman–Crippen MR) is 76.8 cm³/mol. The molecule has 0 aromatic heterocycles. The lowest BCUT2D eigenvalue weighted by atomic mass is 9.83. The van der Waals surface area contributed by atoms with Crippen LogP contribution in [0.25, 0.3) is 0 Å². The van der Waals surface area contributed by atoms with Crippen LogP contribution in [0.3, 0.4) is 0 Å².